The molecule has 0 bridgehead atoms. The fraction of sp³-hybridized carbons (Fsp3) is 0.571. The number of sulfonamides is 1. The third kappa shape index (κ3) is 5.35. The zero-order valence-electron chi connectivity index (χ0n) is 13.0. The maximum absolute atomic E-state index is 13.9. The van der Waals surface area contributed by atoms with Gasteiger partial charge in [0.1, 0.15) is 10.7 Å². The first kappa shape index (κ1) is 18.0. The SMILES string of the molecule is CNCc1ccc(S(=O)(=O)NCCN(C)C(C)C)c(F)c1. The lowest BCUT2D eigenvalue weighted by molar-refractivity contribution is 0.278. The summed E-state index contributed by atoms with van der Waals surface area (Å²) >= 11 is 0. The molecule has 0 atom stereocenters. The van der Waals surface area contributed by atoms with Crippen LogP contribution in [0, 0.1) is 5.82 Å². The van der Waals surface area contributed by atoms with Crippen molar-refractivity contribution >= 4 is 10.0 Å². The molecule has 120 valence electrons. The number of benzene rings is 1. The molecule has 0 aliphatic rings. The lowest BCUT2D eigenvalue weighted by Gasteiger charge is -2.20. The van der Waals surface area contributed by atoms with E-state index in [1.165, 1.54) is 12.1 Å². The van der Waals surface area contributed by atoms with Crippen molar-refractivity contribution in [3.05, 3.63) is 29.6 Å². The van der Waals surface area contributed by atoms with Gasteiger partial charge in [-0.15, -0.1) is 0 Å². The largest absolute Gasteiger partial charge is 0.316 e. The van der Waals surface area contributed by atoms with Crippen molar-refractivity contribution in [2.45, 2.75) is 31.3 Å². The van der Waals surface area contributed by atoms with Crippen LogP contribution in [0.3, 0.4) is 0 Å². The second-order valence-electron chi connectivity index (χ2n) is 5.27. The first-order valence-corrected chi connectivity index (χ1v) is 8.39. The van der Waals surface area contributed by atoms with Crippen LogP contribution < -0.4 is 10.0 Å². The molecule has 21 heavy (non-hydrogen) atoms. The summed E-state index contributed by atoms with van der Waals surface area (Å²) in [5.41, 5.74) is 0.702. The normalized spacial score (nSPS) is 12.3. The Kier molecular flexibility index (Phi) is 6.73. The number of rotatable bonds is 8. The number of halogens is 1. The van der Waals surface area contributed by atoms with E-state index in [-0.39, 0.29) is 11.4 Å². The van der Waals surface area contributed by atoms with Gasteiger partial charge in [0.05, 0.1) is 0 Å². The molecule has 5 nitrogen and oxygen atoms in total. The van der Waals surface area contributed by atoms with Crippen LogP contribution >= 0.6 is 0 Å². The molecule has 0 aliphatic heterocycles. The summed E-state index contributed by atoms with van der Waals surface area (Å²) in [7, 11) is -0.162. The maximum Gasteiger partial charge on any atom is 0.243 e. The van der Waals surface area contributed by atoms with Crippen LogP contribution in [0.25, 0.3) is 0 Å². The van der Waals surface area contributed by atoms with Crippen molar-refractivity contribution in [1.82, 2.24) is 14.9 Å². The molecule has 0 radical (unpaired) electrons. The van der Waals surface area contributed by atoms with E-state index in [2.05, 4.69) is 10.0 Å². The van der Waals surface area contributed by atoms with E-state index >= 15 is 0 Å². The van der Waals surface area contributed by atoms with Gasteiger partial charge < -0.3 is 10.2 Å². The molecular formula is C14H24FN3O2S. The van der Waals surface area contributed by atoms with Crippen molar-refractivity contribution in [3.63, 3.8) is 0 Å². The lowest BCUT2D eigenvalue weighted by Crippen LogP contribution is -2.36. The zero-order chi connectivity index (χ0) is 16.0. The Balaban J connectivity index is 2.74. The highest BCUT2D eigenvalue weighted by molar-refractivity contribution is 7.89. The summed E-state index contributed by atoms with van der Waals surface area (Å²) < 4.78 is 40.5. The lowest BCUT2D eigenvalue weighted by atomic mass is 10.2. The Morgan fingerprint density at radius 1 is 1.33 bits per heavy atom. The molecule has 1 rings (SSSR count). The highest BCUT2D eigenvalue weighted by atomic mass is 32.2. The minimum Gasteiger partial charge on any atom is -0.316 e. The number of nitrogens with one attached hydrogen (secondary N) is 2. The van der Waals surface area contributed by atoms with Crippen LogP contribution in [0.1, 0.15) is 19.4 Å². The van der Waals surface area contributed by atoms with Crippen molar-refractivity contribution in [2.24, 2.45) is 0 Å². The van der Waals surface area contributed by atoms with Gasteiger partial charge in [-0.3, -0.25) is 0 Å². The fourth-order valence-electron chi connectivity index (χ4n) is 1.77. The molecule has 1 aromatic carbocycles. The van der Waals surface area contributed by atoms with Gasteiger partial charge in [-0.1, -0.05) is 6.07 Å². The summed E-state index contributed by atoms with van der Waals surface area (Å²) in [6.07, 6.45) is 0. The molecule has 2 N–H and O–H groups in total. The van der Waals surface area contributed by atoms with Gasteiger partial charge in [-0.2, -0.15) is 0 Å². The fourth-order valence-corrected chi connectivity index (χ4v) is 2.85. The number of likely N-dealkylation sites (N-methyl/N-ethyl adjacent to an activating group) is 1. The third-order valence-electron chi connectivity index (χ3n) is 3.30. The summed E-state index contributed by atoms with van der Waals surface area (Å²) in [6, 6.07) is 4.47. The summed E-state index contributed by atoms with van der Waals surface area (Å²) in [4.78, 5) is 1.70. The predicted molar refractivity (Wildman–Crippen MR) is 82.1 cm³/mol. The van der Waals surface area contributed by atoms with Crippen LogP contribution in [0.4, 0.5) is 4.39 Å². The monoisotopic (exact) mass is 317 g/mol. The van der Waals surface area contributed by atoms with Gasteiger partial charge in [0.25, 0.3) is 0 Å². The second kappa shape index (κ2) is 7.84. The van der Waals surface area contributed by atoms with Gasteiger partial charge >= 0.3 is 0 Å². The van der Waals surface area contributed by atoms with Crippen LogP contribution in [-0.4, -0.2) is 46.5 Å². The van der Waals surface area contributed by atoms with Gasteiger partial charge in [0, 0.05) is 25.7 Å². The molecule has 0 unspecified atom stereocenters. The van der Waals surface area contributed by atoms with Crippen LogP contribution in [-0.2, 0) is 16.6 Å². The van der Waals surface area contributed by atoms with E-state index in [1.54, 1.807) is 13.1 Å². The van der Waals surface area contributed by atoms with Gasteiger partial charge in [0.15, 0.2) is 0 Å². The zero-order valence-corrected chi connectivity index (χ0v) is 13.8. The molecule has 0 aliphatic carbocycles. The Morgan fingerprint density at radius 2 is 2.00 bits per heavy atom. The minimum atomic E-state index is -3.82. The Hall–Kier alpha value is -1.02. The average Bonchev–Trinajstić information content (AvgIpc) is 2.38. The molecule has 0 aromatic heterocycles. The van der Waals surface area contributed by atoms with Crippen molar-refractivity contribution in [1.29, 1.82) is 0 Å². The summed E-state index contributed by atoms with van der Waals surface area (Å²) in [5.74, 6) is -0.729. The van der Waals surface area contributed by atoms with E-state index in [9.17, 15) is 12.8 Å². The van der Waals surface area contributed by atoms with Crippen LogP contribution in [0.2, 0.25) is 0 Å². The van der Waals surface area contributed by atoms with E-state index in [4.69, 9.17) is 0 Å². The molecule has 0 saturated carbocycles. The van der Waals surface area contributed by atoms with Crippen LogP contribution in [0.5, 0.6) is 0 Å². The highest BCUT2D eigenvalue weighted by Crippen LogP contribution is 2.15. The van der Waals surface area contributed by atoms with Gasteiger partial charge in [0.2, 0.25) is 10.0 Å². The number of hydrogen-bond acceptors (Lipinski definition) is 4. The molecule has 0 spiro atoms. The predicted octanol–water partition coefficient (Wildman–Crippen LogP) is 1.16. The van der Waals surface area contributed by atoms with Crippen LogP contribution in [0.15, 0.2) is 23.1 Å². The Labute approximate surface area is 126 Å². The summed E-state index contributed by atoms with van der Waals surface area (Å²) in [5, 5.41) is 2.89. The molecule has 7 heteroatoms. The quantitative estimate of drug-likeness (QED) is 0.755. The first-order valence-electron chi connectivity index (χ1n) is 6.91. The third-order valence-corrected chi connectivity index (χ3v) is 4.80. The number of hydrogen-bond donors (Lipinski definition) is 2. The van der Waals surface area contributed by atoms with E-state index in [1.807, 2.05) is 25.8 Å². The highest BCUT2D eigenvalue weighted by Gasteiger charge is 2.19. The average molecular weight is 317 g/mol. The van der Waals surface area contributed by atoms with Crippen molar-refractivity contribution < 1.29 is 12.8 Å². The second-order valence-corrected chi connectivity index (χ2v) is 7.00. The van der Waals surface area contributed by atoms with Crippen molar-refractivity contribution in [2.75, 3.05) is 27.2 Å². The molecular weight excluding hydrogens is 293 g/mol. The molecule has 0 amide bonds. The van der Waals surface area contributed by atoms with E-state index in [0.717, 1.165) is 0 Å². The Bertz CT molecular complexity index is 561. The Morgan fingerprint density at radius 3 is 2.52 bits per heavy atom. The minimum absolute atomic E-state index is 0.245. The molecule has 0 saturated heterocycles. The van der Waals surface area contributed by atoms with E-state index in [0.29, 0.717) is 24.7 Å². The van der Waals surface area contributed by atoms with E-state index < -0.39 is 15.8 Å². The first-order chi connectivity index (χ1) is 9.77. The smallest absolute Gasteiger partial charge is 0.243 e. The topological polar surface area (TPSA) is 61.4 Å². The van der Waals surface area contributed by atoms with Gasteiger partial charge in [-0.05, 0) is 45.6 Å². The standard InChI is InChI=1S/C14H24FN3O2S/c1-11(2)18(4)8-7-17-21(19,20)14-6-5-12(10-16-3)9-13(14)15/h5-6,9,11,16-17H,7-8,10H2,1-4H3. The number of nitrogens with zero attached hydrogens (tertiary/aromatic N) is 1. The van der Waals surface area contributed by atoms with Gasteiger partial charge in [-0.25, -0.2) is 17.5 Å². The summed E-state index contributed by atoms with van der Waals surface area (Å²) in [6.45, 7) is 5.35. The van der Waals surface area contributed by atoms with Crippen molar-refractivity contribution in [3.8, 4) is 0 Å². The molecule has 0 heterocycles. The molecule has 0 fully saturated rings. The molecule has 1 aromatic rings. The maximum atomic E-state index is 13.9.